The molecular formula is C14H23NO3. The molecule has 18 heavy (non-hydrogen) atoms. The fourth-order valence-electron chi connectivity index (χ4n) is 3.48. The van der Waals surface area contributed by atoms with E-state index < -0.39 is 5.97 Å². The molecule has 1 heterocycles. The van der Waals surface area contributed by atoms with Gasteiger partial charge in [0, 0.05) is 18.5 Å². The standard InChI is InChI=1S/C14H23NO3/c1-9-6-10(2)15(8-9)13(16)11-4-3-5-12(7-11)14(17)18/h9-12H,3-8H2,1-2H3,(H,17,18). The van der Waals surface area contributed by atoms with Gasteiger partial charge in [-0.05, 0) is 38.5 Å². The predicted molar refractivity (Wildman–Crippen MR) is 68.0 cm³/mol. The maximum absolute atomic E-state index is 12.5. The number of amides is 1. The molecule has 0 aromatic carbocycles. The average Bonchev–Trinajstić information content (AvgIpc) is 2.67. The van der Waals surface area contributed by atoms with Crippen molar-refractivity contribution in [1.82, 2.24) is 4.90 Å². The van der Waals surface area contributed by atoms with E-state index in [1.54, 1.807) is 0 Å². The zero-order valence-electron chi connectivity index (χ0n) is 11.3. The first-order chi connectivity index (χ1) is 8.49. The van der Waals surface area contributed by atoms with Gasteiger partial charge in [-0.3, -0.25) is 9.59 Å². The van der Waals surface area contributed by atoms with Gasteiger partial charge < -0.3 is 10.0 Å². The van der Waals surface area contributed by atoms with Gasteiger partial charge in [0.2, 0.25) is 5.91 Å². The number of carboxylic acids is 1. The van der Waals surface area contributed by atoms with Gasteiger partial charge in [-0.2, -0.15) is 0 Å². The summed E-state index contributed by atoms with van der Waals surface area (Å²) in [6, 6.07) is 0.317. The van der Waals surface area contributed by atoms with Gasteiger partial charge in [0.25, 0.3) is 0 Å². The fraction of sp³-hybridized carbons (Fsp3) is 0.857. The van der Waals surface area contributed by atoms with Crippen LogP contribution in [-0.2, 0) is 9.59 Å². The van der Waals surface area contributed by atoms with Crippen LogP contribution in [0.4, 0.5) is 0 Å². The van der Waals surface area contributed by atoms with E-state index in [0.29, 0.717) is 18.4 Å². The molecule has 0 spiro atoms. The van der Waals surface area contributed by atoms with Crippen LogP contribution >= 0.6 is 0 Å². The van der Waals surface area contributed by atoms with Crippen molar-refractivity contribution in [3.8, 4) is 0 Å². The fourth-order valence-corrected chi connectivity index (χ4v) is 3.48. The number of nitrogens with zero attached hydrogens (tertiary/aromatic N) is 1. The largest absolute Gasteiger partial charge is 0.481 e. The Kier molecular flexibility index (Phi) is 3.93. The molecule has 4 atom stereocenters. The number of carboxylic acid groups (broad SMARTS) is 1. The Bertz CT molecular complexity index is 342. The van der Waals surface area contributed by atoms with Crippen molar-refractivity contribution in [2.24, 2.45) is 17.8 Å². The van der Waals surface area contributed by atoms with Crippen LogP contribution in [0.25, 0.3) is 0 Å². The minimum atomic E-state index is -0.740. The number of carbonyl (C=O) groups excluding carboxylic acids is 1. The van der Waals surface area contributed by atoms with Crippen molar-refractivity contribution >= 4 is 11.9 Å². The van der Waals surface area contributed by atoms with E-state index in [1.807, 2.05) is 4.90 Å². The van der Waals surface area contributed by atoms with E-state index in [1.165, 1.54) is 0 Å². The maximum atomic E-state index is 12.5. The third kappa shape index (κ3) is 2.68. The summed E-state index contributed by atoms with van der Waals surface area (Å²) >= 11 is 0. The second-order valence-corrected chi connectivity index (χ2v) is 6.08. The summed E-state index contributed by atoms with van der Waals surface area (Å²) in [6.07, 6.45) is 4.06. The highest BCUT2D eigenvalue weighted by Crippen LogP contribution is 2.33. The van der Waals surface area contributed by atoms with Crippen molar-refractivity contribution in [3.63, 3.8) is 0 Å². The predicted octanol–water partition coefficient (Wildman–Crippen LogP) is 2.13. The highest BCUT2D eigenvalue weighted by Gasteiger charge is 2.37. The normalized spacial score (nSPS) is 36.7. The lowest BCUT2D eigenvalue weighted by Gasteiger charge is -2.31. The molecule has 2 aliphatic rings. The molecule has 4 nitrogen and oxygen atoms in total. The summed E-state index contributed by atoms with van der Waals surface area (Å²) in [5.74, 6) is -0.355. The zero-order chi connectivity index (χ0) is 13.3. The van der Waals surface area contributed by atoms with Gasteiger partial charge in [0.05, 0.1) is 5.92 Å². The van der Waals surface area contributed by atoms with Gasteiger partial charge in [0.1, 0.15) is 0 Å². The molecule has 2 fully saturated rings. The van der Waals surface area contributed by atoms with E-state index in [2.05, 4.69) is 13.8 Å². The lowest BCUT2D eigenvalue weighted by molar-refractivity contribution is -0.145. The first-order valence-corrected chi connectivity index (χ1v) is 7.02. The number of hydrogen-bond donors (Lipinski definition) is 1. The van der Waals surface area contributed by atoms with Crippen LogP contribution in [-0.4, -0.2) is 34.5 Å². The van der Waals surface area contributed by atoms with Crippen LogP contribution in [0.15, 0.2) is 0 Å². The maximum Gasteiger partial charge on any atom is 0.306 e. The average molecular weight is 253 g/mol. The number of likely N-dealkylation sites (tertiary alicyclic amines) is 1. The molecule has 0 bridgehead atoms. The molecule has 0 aromatic rings. The summed E-state index contributed by atoms with van der Waals surface area (Å²) < 4.78 is 0. The molecule has 0 aromatic heterocycles. The van der Waals surface area contributed by atoms with Gasteiger partial charge in [-0.1, -0.05) is 13.3 Å². The number of aliphatic carboxylic acids is 1. The molecule has 1 aliphatic carbocycles. The first-order valence-electron chi connectivity index (χ1n) is 7.02. The lowest BCUT2D eigenvalue weighted by atomic mass is 9.80. The molecule has 4 unspecified atom stereocenters. The van der Waals surface area contributed by atoms with E-state index in [0.717, 1.165) is 32.2 Å². The van der Waals surface area contributed by atoms with Crippen LogP contribution < -0.4 is 0 Å². The Morgan fingerprint density at radius 2 is 1.78 bits per heavy atom. The highest BCUT2D eigenvalue weighted by molar-refractivity contribution is 5.80. The highest BCUT2D eigenvalue weighted by atomic mass is 16.4. The molecule has 1 amide bonds. The van der Waals surface area contributed by atoms with Crippen molar-refractivity contribution < 1.29 is 14.7 Å². The minimum Gasteiger partial charge on any atom is -0.481 e. The number of carbonyl (C=O) groups is 2. The van der Waals surface area contributed by atoms with Crippen LogP contribution in [0, 0.1) is 17.8 Å². The topological polar surface area (TPSA) is 57.6 Å². The molecular weight excluding hydrogens is 230 g/mol. The van der Waals surface area contributed by atoms with Gasteiger partial charge in [-0.25, -0.2) is 0 Å². The molecule has 4 heteroatoms. The van der Waals surface area contributed by atoms with E-state index in [4.69, 9.17) is 5.11 Å². The van der Waals surface area contributed by atoms with E-state index in [-0.39, 0.29) is 17.7 Å². The van der Waals surface area contributed by atoms with Crippen LogP contribution in [0.5, 0.6) is 0 Å². The summed E-state index contributed by atoms with van der Waals surface area (Å²) in [5, 5.41) is 9.07. The smallest absolute Gasteiger partial charge is 0.306 e. The van der Waals surface area contributed by atoms with Gasteiger partial charge >= 0.3 is 5.97 Å². The third-order valence-corrected chi connectivity index (χ3v) is 4.44. The summed E-state index contributed by atoms with van der Waals surface area (Å²) in [5.41, 5.74) is 0. The molecule has 1 aliphatic heterocycles. The number of hydrogen-bond acceptors (Lipinski definition) is 2. The van der Waals surface area contributed by atoms with Crippen molar-refractivity contribution in [1.29, 1.82) is 0 Å². The summed E-state index contributed by atoms with van der Waals surface area (Å²) in [4.78, 5) is 25.5. The van der Waals surface area contributed by atoms with E-state index >= 15 is 0 Å². The Balaban J connectivity index is 1.98. The lowest BCUT2D eigenvalue weighted by Crippen LogP contribution is -2.41. The molecule has 1 saturated carbocycles. The molecule has 0 radical (unpaired) electrons. The second-order valence-electron chi connectivity index (χ2n) is 6.08. The second kappa shape index (κ2) is 5.29. The molecule has 1 saturated heterocycles. The Labute approximate surface area is 108 Å². The third-order valence-electron chi connectivity index (χ3n) is 4.44. The molecule has 2 rings (SSSR count). The minimum absolute atomic E-state index is 0.0624. The Morgan fingerprint density at radius 1 is 1.11 bits per heavy atom. The monoisotopic (exact) mass is 253 g/mol. The number of rotatable bonds is 2. The quantitative estimate of drug-likeness (QED) is 0.820. The van der Waals surface area contributed by atoms with E-state index in [9.17, 15) is 9.59 Å². The van der Waals surface area contributed by atoms with Gasteiger partial charge in [-0.15, -0.1) is 0 Å². The van der Waals surface area contributed by atoms with Crippen molar-refractivity contribution in [2.75, 3.05) is 6.54 Å². The SMILES string of the molecule is CC1CC(C)N(C(=O)C2CCCC(C(=O)O)C2)C1. The Hall–Kier alpha value is -1.06. The first kappa shape index (κ1) is 13.4. The summed E-state index contributed by atoms with van der Waals surface area (Å²) in [6.45, 7) is 5.11. The molecule has 102 valence electrons. The summed E-state index contributed by atoms with van der Waals surface area (Å²) in [7, 11) is 0. The van der Waals surface area contributed by atoms with Crippen LogP contribution in [0.2, 0.25) is 0 Å². The van der Waals surface area contributed by atoms with Crippen molar-refractivity contribution in [3.05, 3.63) is 0 Å². The van der Waals surface area contributed by atoms with Gasteiger partial charge in [0.15, 0.2) is 0 Å². The molecule has 1 N–H and O–H groups in total. The zero-order valence-corrected chi connectivity index (χ0v) is 11.3. The Morgan fingerprint density at radius 3 is 2.33 bits per heavy atom. The van der Waals surface area contributed by atoms with Crippen LogP contribution in [0.3, 0.4) is 0 Å². The van der Waals surface area contributed by atoms with Crippen molar-refractivity contribution in [2.45, 2.75) is 52.0 Å². The van der Waals surface area contributed by atoms with Crippen LogP contribution in [0.1, 0.15) is 46.0 Å².